The second kappa shape index (κ2) is 6.60. The minimum absolute atomic E-state index is 0.0101. The van der Waals surface area contributed by atoms with E-state index in [4.69, 9.17) is 4.74 Å². The summed E-state index contributed by atoms with van der Waals surface area (Å²) in [4.78, 5) is 0. The Morgan fingerprint density at radius 1 is 1.10 bits per heavy atom. The third-order valence-corrected chi connectivity index (χ3v) is 8.06. The van der Waals surface area contributed by atoms with Crippen molar-refractivity contribution in [3.8, 4) is 0 Å². The molecule has 1 aromatic carbocycles. The monoisotopic (exact) mass is 389 g/mol. The van der Waals surface area contributed by atoms with E-state index in [9.17, 15) is 0 Å². The number of para-hydroxylation sites is 1. The molecule has 0 amide bonds. The van der Waals surface area contributed by atoms with Gasteiger partial charge in [-0.3, -0.25) is 0 Å². The Morgan fingerprint density at radius 3 is 2.59 bits per heavy atom. The number of anilines is 1. The molecule has 1 N–H and O–H groups in total. The predicted octanol–water partition coefficient (Wildman–Crippen LogP) is 6.66. The van der Waals surface area contributed by atoms with E-state index in [1.165, 1.54) is 53.6 Å². The molecule has 1 aromatic rings. The van der Waals surface area contributed by atoms with Gasteiger partial charge in [0.2, 0.25) is 0 Å². The highest BCUT2D eigenvalue weighted by Crippen LogP contribution is 2.65. The van der Waals surface area contributed by atoms with Gasteiger partial charge in [-0.25, -0.2) is 0 Å². The quantitative estimate of drug-likeness (QED) is 0.583. The van der Waals surface area contributed by atoms with E-state index < -0.39 is 0 Å². The van der Waals surface area contributed by atoms with Gasteiger partial charge in [-0.2, -0.15) is 0 Å². The fraction of sp³-hybridized carbons (Fsp3) is 0.556. The molecule has 4 aliphatic rings. The minimum atomic E-state index is 0.0101. The zero-order valence-electron chi connectivity index (χ0n) is 18.7. The van der Waals surface area contributed by atoms with Gasteiger partial charge in [0.05, 0.1) is 6.10 Å². The molecule has 1 heterocycles. The molecule has 1 saturated heterocycles. The van der Waals surface area contributed by atoms with Crippen molar-refractivity contribution in [3.05, 3.63) is 63.8 Å². The van der Waals surface area contributed by atoms with Crippen LogP contribution in [0.4, 0.5) is 5.69 Å². The second-order valence-electron chi connectivity index (χ2n) is 10.3. The van der Waals surface area contributed by atoms with Crippen LogP contribution < -0.4 is 5.32 Å². The first-order valence-corrected chi connectivity index (χ1v) is 11.5. The lowest BCUT2D eigenvalue weighted by molar-refractivity contribution is 0.235. The number of allylic oxidation sites excluding steroid dienone is 3. The molecule has 0 bridgehead atoms. The first kappa shape index (κ1) is 19.2. The fourth-order valence-electron chi connectivity index (χ4n) is 6.22. The molecule has 2 fully saturated rings. The summed E-state index contributed by atoms with van der Waals surface area (Å²) in [5.41, 5.74) is 10.6. The number of hydrogen-bond donors (Lipinski definition) is 1. The molecular weight excluding hydrogens is 354 g/mol. The van der Waals surface area contributed by atoms with Crippen LogP contribution in [0.3, 0.4) is 0 Å². The standard InChI is InChI=1S/C27H35NO/c1-17(2)21-11-12-26(5)13-14-27-22(24(21)26)10-9-20(15-23(27)29-27)16-28-25-18(3)7-6-8-19(25)4/h6-10,17,23,28H,11-16H2,1-5H3/t23-,26+,27-/m0/s1. The van der Waals surface area contributed by atoms with Gasteiger partial charge >= 0.3 is 0 Å². The lowest BCUT2D eigenvalue weighted by Crippen LogP contribution is -2.34. The number of ether oxygens (including phenoxy) is 1. The third-order valence-electron chi connectivity index (χ3n) is 8.06. The Hall–Kier alpha value is -1.80. The van der Waals surface area contributed by atoms with E-state index in [-0.39, 0.29) is 5.60 Å². The topological polar surface area (TPSA) is 24.6 Å². The van der Waals surface area contributed by atoms with E-state index in [1.807, 2.05) is 0 Å². The number of rotatable bonds is 4. The van der Waals surface area contributed by atoms with E-state index in [2.05, 4.69) is 70.3 Å². The summed E-state index contributed by atoms with van der Waals surface area (Å²) < 4.78 is 6.49. The second-order valence-corrected chi connectivity index (χ2v) is 10.3. The van der Waals surface area contributed by atoms with Gasteiger partial charge in [0.1, 0.15) is 5.60 Å². The zero-order chi connectivity index (χ0) is 20.4. The Bertz CT molecular complexity index is 929. The maximum Gasteiger partial charge on any atom is 0.120 e. The Labute approximate surface area is 176 Å². The van der Waals surface area contributed by atoms with E-state index >= 15 is 0 Å². The third kappa shape index (κ3) is 2.94. The Morgan fingerprint density at radius 2 is 1.86 bits per heavy atom. The van der Waals surface area contributed by atoms with Crippen molar-refractivity contribution < 1.29 is 4.74 Å². The van der Waals surface area contributed by atoms with Crippen LogP contribution in [0.2, 0.25) is 0 Å². The highest BCUT2D eigenvalue weighted by atomic mass is 16.6. The molecule has 154 valence electrons. The van der Waals surface area contributed by atoms with Gasteiger partial charge in [0, 0.05) is 12.2 Å². The van der Waals surface area contributed by atoms with Crippen molar-refractivity contribution in [2.75, 3.05) is 11.9 Å². The van der Waals surface area contributed by atoms with Crippen molar-refractivity contribution >= 4 is 5.69 Å². The number of hydrogen-bond acceptors (Lipinski definition) is 2. The first-order valence-electron chi connectivity index (χ1n) is 11.5. The van der Waals surface area contributed by atoms with Gasteiger partial charge < -0.3 is 10.1 Å². The maximum atomic E-state index is 6.49. The van der Waals surface area contributed by atoms with E-state index in [0.717, 1.165) is 13.0 Å². The normalized spacial score (nSPS) is 32.8. The average Bonchev–Trinajstić information content (AvgIpc) is 3.26. The lowest BCUT2D eigenvalue weighted by atomic mass is 9.64. The molecule has 29 heavy (non-hydrogen) atoms. The summed E-state index contributed by atoms with van der Waals surface area (Å²) >= 11 is 0. The van der Waals surface area contributed by atoms with Gasteiger partial charge in [-0.05, 0) is 85.1 Å². The number of nitrogens with one attached hydrogen (secondary N) is 1. The van der Waals surface area contributed by atoms with Gasteiger partial charge in [-0.15, -0.1) is 0 Å². The highest BCUT2D eigenvalue weighted by molar-refractivity contribution is 5.59. The van der Waals surface area contributed by atoms with E-state index in [1.54, 1.807) is 11.1 Å². The van der Waals surface area contributed by atoms with Crippen molar-refractivity contribution in [1.82, 2.24) is 0 Å². The molecule has 5 rings (SSSR count). The molecule has 0 unspecified atom stereocenters. The maximum absolute atomic E-state index is 6.49. The molecular formula is C27H35NO. The SMILES string of the molecule is Cc1cccc(C)c1NCC1=CC=C2C3=C(C(C)C)CC[C@]3(C)CC[C@]23O[C@H]3C1. The molecule has 2 nitrogen and oxygen atoms in total. The highest BCUT2D eigenvalue weighted by Gasteiger charge is 2.64. The van der Waals surface area contributed by atoms with Crippen LogP contribution in [0, 0.1) is 25.2 Å². The molecule has 3 atom stereocenters. The summed E-state index contributed by atoms with van der Waals surface area (Å²) in [6.07, 6.45) is 11.3. The molecule has 2 heteroatoms. The number of aryl methyl sites for hydroxylation is 2. The van der Waals surface area contributed by atoms with Crippen molar-refractivity contribution in [2.24, 2.45) is 11.3 Å². The zero-order valence-corrected chi connectivity index (χ0v) is 18.7. The van der Waals surface area contributed by atoms with Crippen molar-refractivity contribution in [2.45, 2.75) is 78.4 Å². The van der Waals surface area contributed by atoms with Gasteiger partial charge in [0.25, 0.3) is 0 Å². The smallest absolute Gasteiger partial charge is 0.120 e. The predicted molar refractivity (Wildman–Crippen MR) is 121 cm³/mol. The first-order chi connectivity index (χ1) is 13.8. The summed E-state index contributed by atoms with van der Waals surface area (Å²) in [6.45, 7) is 12.5. The van der Waals surface area contributed by atoms with Crippen molar-refractivity contribution in [3.63, 3.8) is 0 Å². The van der Waals surface area contributed by atoms with Crippen molar-refractivity contribution in [1.29, 1.82) is 0 Å². The van der Waals surface area contributed by atoms with Crippen LogP contribution in [-0.2, 0) is 4.74 Å². The average molecular weight is 390 g/mol. The summed E-state index contributed by atoms with van der Waals surface area (Å²) in [5.74, 6) is 0.637. The number of benzene rings is 1. The number of fused-ring (bicyclic) bond motifs is 2. The van der Waals surface area contributed by atoms with Crippen LogP contribution in [0.5, 0.6) is 0 Å². The largest absolute Gasteiger partial charge is 0.381 e. The molecule has 3 aliphatic carbocycles. The molecule has 1 saturated carbocycles. The van der Waals surface area contributed by atoms with Crippen LogP contribution in [0.15, 0.2) is 52.6 Å². The Balaban J connectivity index is 1.46. The van der Waals surface area contributed by atoms with Crippen LogP contribution in [0.1, 0.15) is 64.0 Å². The van der Waals surface area contributed by atoms with Gasteiger partial charge in [-0.1, -0.05) is 56.7 Å². The fourth-order valence-corrected chi connectivity index (χ4v) is 6.22. The minimum Gasteiger partial charge on any atom is -0.381 e. The van der Waals surface area contributed by atoms with Crippen LogP contribution in [-0.4, -0.2) is 18.2 Å². The summed E-state index contributed by atoms with van der Waals surface area (Å²) in [7, 11) is 0. The lowest BCUT2D eigenvalue weighted by Gasteiger charge is -2.39. The Kier molecular flexibility index (Phi) is 4.37. The number of epoxide rings is 1. The summed E-state index contributed by atoms with van der Waals surface area (Å²) in [5, 5.41) is 3.71. The summed E-state index contributed by atoms with van der Waals surface area (Å²) in [6, 6.07) is 6.51. The molecule has 1 spiro atoms. The van der Waals surface area contributed by atoms with Crippen LogP contribution >= 0.6 is 0 Å². The molecule has 1 aliphatic heterocycles. The van der Waals surface area contributed by atoms with Gasteiger partial charge in [0.15, 0.2) is 0 Å². The van der Waals surface area contributed by atoms with Crippen LogP contribution in [0.25, 0.3) is 0 Å². The molecule has 0 aromatic heterocycles. The van der Waals surface area contributed by atoms with E-state index in [0.29, 0.717) is 17.4 Å². The molecule has 0 radical (unpaired) electrons.